The quantitative estimate of drug-likeness (QED) is 0.803. The molecule has 1 amide bonds. The van der Waals surface area contributed by atoms with Crippen LogP contribution in [0, 0.1) is 25.2 Å². The van der Waals surface area contributed by atoms with E-state index in [2.05, 4.69) is 5.32 Å². The molecule has 0 atom stereocenters. The van der Waals surface area contributed by atoms with Crippen molar-refractivity contribution < 1.29 is 18.7 Å². The van der Waals surface area contributed by atoms with Crippen LogP contribution in [-0.2, 0) is 4.79 Å². The molecule has 0 bridgehead atoms. The van der Waals surface area contributed by atoms with Crippen molar-refractivity contribution in [2.45, 2.75) is 20.3 Å². The van der Waals surface area contributed by atoms with Gasteiger partial charge in [0, 0.05) is 11.4 Å². The van der Waals surface area contributed by atoms with E-state index < -0.39 is 18.9 Å². The van der Waals surface area contributed by atoms with Crippen LogP contribution in [0.15, 0.2) is 0 Å². The predicted octanol–water partition coefficient (Wildman–Crippen LogP) is 1.73. The first-order valence-electron chi connectivity index (χ1n) is 6.30. The summed E-state index contributed by atoms with van der Waals surface area (Å²) >= 11 is 1.28. The van der Waals surface area contributed by atoms with E-state index in [1.54, 1.807) is 6.92 Å². The van der Waals surface area contributed by atoms with Gasteiger partial charge in [0.2, 0.25) is 5.91 Å². The summed E-state index contributed by atoms with van der Waals surface area (Å²) in [4.78, 5) is 14.0. The Balaban J connectivity index is 2.72. The average Bonchev–Trinajstić information content (AvgIpc) is 2.63. The van der Waals surface area contributed by atoms with E-state index in [0.717, 1.165) is 10.4 Å². The topological polar surface area (TPSA) is 76.4 Å². The van der Waals surface area contributed by atoms with Gasteiger partial charge in [0.1, 0.15) is 11.1 Å². The van der Waals surface area contributed by atoms with Gasteiger partial charge in [-0.2, -0.15) is 5.26 Å². The molecule has 116 valence electrons. The number of nitriles is 1. The van der Waals surface area contributed by atoms with Crippen LogP contribution >= 0.6 is 11.3 Å². The molecular weight excluding hydrogens is 300 g/mol. The Morgan fingerprint density at radius 2 is 2.19 bits per heavy atom. The Morgan fingerprint density at radius 1 is 1.52 bits per heavy atom. The van der Waals surface area contributed by atoms with Gasteiger partial charge >= 0.3 is 0 Å². The SMILES string of the molecule is Cc1sc(NC(=O)CN(CCO)CC(F)F)c(C#N)c1C. The van der Waals surface area contributed by atoms with Gasteiger partial charge < -0.3 is 10.4 Å². The Bertz CT molecular complexity index is 540. The third kappa shape index (κ3) is 5.04. The molecule has 0 saturated carbocycles. The molecule has 0 aromatic carbocycles. The van der Waals surface area contributed by atoms with E-state index in [0.29, 0.717) is 10.6 Å². The van der Waals surface area contributed by atoms with E-state index in [1.807, 2.05) is 13.0 Å². The zero-order valence-electron chi connectivity index (χ0n) is 11.8. The first-order valence-corrected chi connectivity index (χ1v) is 7.12. The number of aliphatic hydroxyl groups excluding tert-OH is 1. The summed E-state index contributed by atoms with van der Waals surface area (Å²) in [5.74, 6) is -0.484. The van der Waals surface area contributed by atoms with Crippen LogP contribution in [0.5, 0.6) is 0 Å². The monoisotopic (exact) mass is 317 g/mol. The fourth-order valence-corrected chi connectivity index (χ4v) is 2.82. The molecule has 1 rings (SSSR count). The molecule has 5 nitrogen and oxygen atoms in total. The minimum Gasteiger partial charge on any atom is -0.395 e. The van der Waals surface area contributed by atoms with Crippen molar-refractivity contribution in [3.05, 3.63) is 16.0 Å². The standard InChI is InChI=1S/C13H17F2N3O2S/c1-8-9(2)21-13(10(8)5-16)17-12(20)7-18(3-4-19)6-11(14)15/h11,19H,3-4,6-7H2,1-2H3,(H,17,20). The van der Waals surface area contributed by atoms with Crippen LogP contribution in [0.1, 0.15) is 16.0 Å². The summed E-state index contributed by atoms with van der Waals surface area (Å²) < 4.78 is 24.7. The highest BCUT2D eigenvalue weighted by Gasteiger charge is 2.18. The Morgan fingerprint density at radius 3 is 2.71 bits per heavy atom. The molecule has 2 N–H and O–H groups in total. The van der Waals surface area contributed by atoms with Gasteiger partial charge in [-0.05, 0) is 19.4 Å². The second-order valence-corrected chi connectivity index (χ2v) is 5.72. The molecule has 0 fully saturated rings. The molecule has 0 aliphatic rings. The zero-order chi connectivity index (χ0) is 16.0. The summed E-state index contributed by atoms with van der Waals surface area (Å²) in [6.07, 6.45) is -2.58. The molecule has 1 heterocycles. The molecule has 0 spiro atoms. The predicted molar refractivity (Wildman–Crippen MR) is 76.7 cm³/mol. The highest BCUT2D eigenvalue weighted by atomic mass is 32.1. The smallest absolute Gasteiger partial charge is 0.251 e. The van der Waals surface area contributed by atoms with E-state index >= 15 is 0 Å². The van der Waals surface area contributed by atoms with Gasteiger partial charge in [0.05, 0.1) is 25.3 Å². The largest absolute Gasteiger partial charge is 0.395 e. The molecule has 0 aliphatic heterocycles. The van der Waals surface area contributed by atoms with Gasteiger partial charge in [0.25, 0.3) is 6.43 Å². The van der Waals surface area contributed by atoms with Gasteiger partial charge in [-0.15, -0.1) is 11.3 Å². The number of aliphatic hydroxyl groups is 1. The minimum atomic E-state index is -2.58. The van der Waals surface area contributed by atoms with Crippen molar-refractivity contribution in [3.63, 3.8) is 0 Å². The highest BCUT2D eigenvalue weighted by Crippen LogP contribution is 2.31. The van der Waals surface area contributed by atoms with Gasteiger partial charge in [-0.1, -0.05) is 0 Å². The van der Waals surface area contributed by atoms with Crippen molar-refractivity contribution in [1.82, 2.24) is 4.90 Å². The number of hydrogen-bond donors (Lipinski definition) is 2. The van der Waals surface area contributed by atoms with Crippen LogP contribution in [0.2, 0.25) is 0 Å². The van der Waals surface area contributed by atoms with Crippen molar-refractivity contribution in [3.8, 4) is 6.07 Å². The lowest BCUT2D eigenvalue weighted by molar-refractivity contribution is -0.117. The number of alkyl halides is 2. The number of amides is 1. The number of nitrogens with zero attached hydrogens (tertiary/aromatic N) is 2. The number of aryl methyl sites for hydroxylation is 1. The zero-order valence-corrected chi connectivity index (χ0v) is 12.6. The number of carbonyl (C=O) groups excluding carboxylic acids is 1. The summed E-state index contributed by atoms with van der Waals surface area (Å²) in [6, 6.07) is 2.02. The van der Waals surface area contributed by atoms with E-state index in [4.69, 9.17) is 10.4 Å². The Kier molecular flexibility index (Phi) is 6.68. The second-order valence-electron chi connectivity index (χ2n) is 4.50. The van der Waals surface area contributed by atoms with Crippen LogP contribution < -0.4 is 5.32 Å². The van der Waals surface area contributed by atoms with Crippen LogP contribution in [0.4, 0.5) is 13.8 Å². The fraction of sp³-hybridized carbons (Fsp3) is 0.538. The summed E-state index contributed by atoms with van der Waals surface area (Å²) in [7, 11) is 0. The maximum atomic E-state index is 12.4. The number of nitrogens with one attached hydrogen (secondary N) is 1. The molecule has 0 aliphatic carbocycles. The molecule has 0 unspecified atom stereocenters. The second kappa shape index (κ2) is 8.02. The summed E-state index contributed by atoms with van der Waals surface area (Å²) in [5, 5.41) is 20.9. The first-order chi connectivity index (χ1) is 9.88. The highest BCUT2D eigenvalue weighted by molar-refractivity contribution is 7.16. The normalized spacial score (nSPS) is 11.0. The van der Waals surface area contributed by atoms with Gasteiger partial charge in [0.15, 0.2) is 0 Å². The van der Waals surface area contributed by atoms with Crippen LogP contribution in [0.3, 0.4) is 0 Å². The number of halogens is 2. The number of carbonyl (C=O) groups is 1. The van der Waals surface area contributed by atoms with E-state index in [-0.39, 0.29) is 19.7 Å². The summed E-state index contributed by atoms with van der Waals surface area (Å²) in [6.45, 7) is 2.47. The molecule has 21 heavy (non-hydrogen) atoms. The molecule has 8 heteroatoms. The minimum absolute atomic E-state index is 0.00857. The molecule has 1 aromatic heterocycles. The van der Waals surface area contributed by atoms with Crippen LogP contribution in [0.25, 0.3) is 0 Å². The lowest BCUT2D eigenvalue weighted by Crippen LogP contribution is -2.38. The molecular formula is C13H17F2N3O2S. The number of hydrogen-bond acceptors (Lipinski definition) is 5. The molecule has 0 radical (unpaired) electrons. The Hall–Kier alpha value is -1.56. The van der Waals surface area contributed by atoms with Gasteiger partial charge in [-0.3, -0.25) is 9.69 Å². The molecule has 0 saturated heterocycles. The van der Waals surface area contributed by atoms with Crippen molar-refractivity contribution >= 4 is 22.2 Å². The Labute approximate surface area is 125 Å². The fourth-order valence-electron chi connectivity index (χ4n) is 1.79. The maximum Gasteiger partial charge on any atom is 0.251 e. The average molecular weight is 317 g/mol. The maximum absolute atomic E-state index is 12.4. The van der Waals surface area contributed by atoms with Crippen LogP contribution in [-0.4, -0.2) is 48.6 Å². The van der Waals surface area contributed by atoms with Crippen molar-refractivity contribution in [2.75, 3.05) is 31.6 Å². The third-order valence-electron chi connectivity index (χ3n) is 2.93. The van der Waals surface area contributed by atoms with E-state index in [1.165, 1.54) is 16.2 Å². The van der Waals surface area contributed by atoms with Gasteiger partial charge in [-0.25, -0.2) is 8.78 Å². The number of anilines is 1. The third-order valence-corrected chi connectivity index (χ3v) is 4.05. The lowest BCUT2D eigenvalue weighted by Gasteiger charge is -2.19. The first kappa shape index (κ1) is 17.5. The summed E-state index contributed by atoms with van der Waals surface area (Å²) in [5.41, 5.74) is 1.20. The lowest BCUT2D eigenvalue weighted by atomic mass is 10.2. The van der Waals surface area contributed by atoms with Crippen molar-refractivity contribution in [2.24, 2.45) is 0 Å². The number of rotatable bonds is 7. The number of thiophene rings is 1. The van der Waals surface area contributed by atoms with E-state index in [9.17, 15) is 13.6 Å². The van der Waals surface area contributed by atoms with Crippen molar-refractivity contribution in [1.29, 1.82) is 5.26 Å². The molecule has 1 aromatic rings.